The van der Waals surface area contributed by atoms with Crippen LogP contribution in [0.5, 0.6) is 0 Å². The van der Waals surface area contributed by atoms with Gasteiger partial charge in [0, 0.05) is 22.1 Å². The molecule has 0 saturated heterocycles. The van der Waals surface area contributed by atoms with Crippen molar-refractivity contribution >= 4 is 21.5 Å². The van der Waals surface area contributed by atoms with Crippen LogP contribution in [0.15, 0.2) is 206 Å². The maximum atomic E-state index is 5.27. The van der Waals surface area contributed by atoms with Crippen molar-refractivity contribution < 1.29 is 0 Å². The molecule has 0 N–H and O–H groups in total. The van der Waals surface area contributed by atoms with E-state index >= 15 is 0 Å². The molecular formula is C57H40N2. The van der Waals surface area contributed by atoms with E-state index in [2.05, 4.69) is 214 Å². The van der Waals surface area contributed by atoms with E-state index in [1.54, 1.807) is 0 Å². The van der Waals surface area contributed by atoms with Crippen molar-refractivity contribution in [1.29, 1.82) is 0 Å². The number of fused-ring (bicyclic) bond motifs is 5. The van der Waals surface area contributed by atoms with E-state index in [0.29, 0.717) is 5.82 Å². The first-order valence-electron chi connectivity index (χ1n) is 20.4. The summed E-state index contributed by atoms with van der Waals surface area (Å²) in [4.78, 5) is 10.5. The zero-order valence-corrected chi connectivity index (χ0v) is 33.0. The van der Waals surface area contributed by atoms with Crippen LogP contribution in [0.25, 0.3) is 100.0 Å². The molecule has 2 nitrogen and oxygen atoms in total. The van der Waals surface area contributed by atoms with Crippen molar-refractivity contribution in [1.82, 2.24) is 9.97 Å². The maximum Gasteiger partial charge on any atom is 0.161 e. The maximum absolute atomic E-state index is 5.27. The second-order valence-corrected chi connectivity index (χ2v) is 16.2. The zero-order valence-electron chi connectivity index (χ0n) is 33.0. The van der Waals surface area contributed by atoms with Gasteiger partial charge in [-0.1, -0.05) is 184 Å². The van der Waals surface area contributed by atoms with Gasteiger partial charge in [0.15, 0.2) is 5.82 Å². The zero-order chi connectivity index (χ0) is 39.5. The highest BCUT2D eigenvalue weighted by molar-refractivity contribution is 6.05. The Hall–Kier alpha value is -7.42. The number of hydrogen-bond acceptors (Lipinski definition) is 2. The molecule has 278 valence electrons. The smallest absolute Gasteiger partial charge is 0.161 e. The van der Waals surface area contributed by atoms with Crippen LogP contribution in [-0.4, -0.2) is 9.97 Å². The third-order valence-corrected chi connectivity index (χ3v) is 12.3. The average molecular weight is 753 g/mol. The minimum Gasteiger partial charge on any atom is -0.228 e. The molecule has 0 atom stereocenters. The van der Waals surface area contributed by atoms with Crippen molar-refractivity contribution in [3.8, 4) is 78.4 Å². The predicted octanol–water partition coefficient (Wildman–Crippen LogP) is 15.1. The number of benzene rings is 9. The summed E-state index contributed by atoms with van der Waals surface area (Å²) in [5, 5.41) is 4.86. The molecule has 0 radical (unpaired) electrons. The van der Waals surface area contributed by atoms with Gasteiger partial charge in [0.2, 0.25) is 0 Å². The summed E-state index contributed by atoms with van der Waals surface area (Å²) in [6.07, 6.45) is 0. The van der Waals surface area contributed by atoms with Crippen molar-refractivity contribution in [2.24, 2.45) is 0 Å². The lowest BCUT2D eigenvalue weighted by molar-refractivity contribution is 0.661. The summed E-state index contributed by atoms with van der Waals surface area (Å²) in [6, 6.07) is 74.4. The summed E-state index contributed by atoms with van der Waals surface area (Å²) < 4.78 is 0. The Morgan fingerprint density at radius 3 is 1.53 bits per heavy atom. The van der Waals surface area contributed by atoms with Crippen LogP contribution in [0.2, 0.25) is 0 Å². The van der Waals surface area contributed by atoms with Gasteiger partial charge in [-0.2, -0.15) is 0 Å². The van der Waals surface area contributed by atoms with Crippen molar-refractivity contribution in [3.63, 3.8) is 0 Å². The first-order chi connectivity index (χ1) is 29.0. The molecule has 10 aromatic rings. The molecule has 0 amide bonds. The fourth-order valence-electron chi connectivity index (χ4n) is 9.17. The Morgan fingerprint density at radius 1 is 0.305 bits per heavy atom. The van der Waals surface area contributed by atoms with Crippen LogP contribution in [0.4, 0.5) is 0 Å². The van der Waals surface area contributed by atoms with Crippen molar-refractivity contribution in [2.75, 3.05) is 0 Å². The number of rotatable bonds is 6. The molecule has 0 saturated carbocycles. The van der Waals surface area contributed by atoms with E-state index in [0.717, 1.165) is 33.5 Å². The minimum absolute atomic E-state index is 0.0617. The highest BCUT2D eigenvalue weighted by Gasteiger charge is 2.35. The summed E-state index contributed by atoms with van der Waals surface area (Å²) in [5.74, 6) is 0.708. The molecule has 1 heterocycles. The Morgan fingerprint density at radius 2 is 0.797 bits per heavy atom. The summed E-state index contributed by atoms with van der Waals surface area (Å²) >= 11 is 0. The van der Waals surface area contributed by atoms with E-state index in [1.807, 2.05) is 6.07 Å². The third kappa shape index (κ3) is 6.04. The van der Waals surface area contributed by atoms with E-state index in [4.69, 9.17) is 9.97 Å². The van der Waals surface area contributed by atoms with E-state index in [-0.39, 0.29) is 5.41 Å². The van der Waals surface area contributed by atoms with Gasteiger partial charge in [0.25, 0.3) is 0 Å². The lowest BCUT2D eigenvalue weighted by Gasteiger charge is -2.22. The Kier molecular flexibility index (Phi) is 8.20. The van der Waals surface area contributed by atoms with Gasteiger partial charge in [-0.15, -0.1) is 0 Å². The molecule has 9 aromatic carbocycles. The summed E-state index contributed by atoms with van der Waals surface area (Å²) in [6.45, 7) is 4.71. The molecule has 0 spiro atoms. The van der Waals surface area contributed by atoms with Crippen LogP contribution in [0, 0.1) is 0 Å². The molecule has 2 heteroatoms. The third-order valence-electron chi connectivity index (χ3n) is 12.3. The number of aromatic nitrogens is 2. The SMILES string of the molecule is CC1(C)c2ccc(-c3cccc(-c4ccc(-c5nc(-c6ccccc6)cc(-c6ccc(-c7ccccc7)cc6)n5)c5ccccc45)c3)cc2-c2cc3ccccc3cc21. The van der Waals surface area contributed by atoms with Crippen LogP contribution in [0.1, 0.15) is 25.0 Å². The average Bonchev–Trinajstić information content (AvgIpc) is 3.52. The lowest BCUT2D eigenvalue weighted by Crippen LogP contribution is -2.14. The topological polar surface area (TPSA) is 25.8 Å². The van der Waals surface area contributed by atoms with Gasteiger partial charge >= 0.3 is 0 Å². The van der Waals surface area contributed by atoms with Crippen molar-refractivity contribution in [2.45, 2.75) is 19.3 Å². The van der Waals surface area contributed by atoms with Gasteiger partial charge in [-0.25, -0.2) is 9.97 Å². The largest absolute Gasteiger partial charge is 0.228 e. The summed E-state index contributed by atoms with van der Waals surface area (Å²) in [7, 11) is 0. The predicted molar refractivity (Wildman–Crippen MR) is 247 cm³/mol. The lowest BCUT2D eigenvalue weighted by atomic mass is 9.81. The highest BCUT2D eigenvalue weighted by atomic mass is 14.9. The summed E-state index contributed by atoms with van der Waals surface area (Å²) in [5.41, 5.74) is 17.5. The number of nitrogens with zero attached hydrogens (tertiary/aromatic N) is 2. The standard InChI is InChI=1S/C57H40N2/c1-57(2)52-31-28-44(34-50(52)51-33-42-18-9-10-19-43(42)35-53(51)57)41-20-13-21-45(32-41)46-29-30-49(48-23-12-11-22-47(46)48)56-58-54(39-16-7-4-8-17-39)36-55(59-56)40-26-24-38(25-27-40)37-14-5-3-6-15-37/h3-36H,1-2H3. The van der Waals surface area contributed by atoms with Gasteiger partial charge in [0.05, 0.1) is 11.4 Å². The van der Waals surface area contributed by atoms with Crippen LogP contribution in [0.3, 0.4) is 0 Å². The second-order valence-electron chi connectivity index (χ2n) is 16.2. The normalized spacial score (nSPS) is 12.7. The second kappa shape index (κ2) is 13.9. The first-order valence-corrected chi connectivity index (χ1v) is 20.4. The van der Waals surface area contributed by atoms with Gasteiger partial charge in [-0.05, 0) is 114 Å². The molecule has 1 aromatic heterocycles. The van der Waals surface area contributed by atoms with Gasteiger partial charge in [0.1, 0.15) is 0 Å². The van der Waals surface area contributed by atoms with Crippen molar-refractivity contribution in [3.05, 3.63) is 217 Å². The molecule has 59 heavy (non-hydrogen) atoms. The quantitative estimate of drug-likeness (QED) is 0.169. The van der Waals surface area contributed by atoms with E-state index < -0.39 is 0 Å². The highest BCUT2D eigenvalue weighted by Crippen LogP contribution is 2.51. The first kappa shape index (κ1) is 34.8. The molecule has 0 aliphatic heterocycles. The fourth-order valence-corrected chi connectivity index (χ4v) is 9.17. The minimum atomic E-state index is -0.0617. The molecule has 0 fully saturated rings. The fraction of sp³-hybridized carbons (Fsp3) is 0.0526. The molecule has 1 aliphatic carbocycles. The van der Waals surface area contributed by atoms with Gasteiger partial charge in [-0.3, -0.25) is 0 Å². The van der Waals surface area contributed by atoms with Gasteiger partial charge < -0.3 is 0 Å². The van der Waals surface area contributed by atoms with Crippen LogP contribution >= 0.6 is 0 Å². The van der Waals surface area contributed by atoms with Crippen LogP contribution < -0.4 is 0 Å². The van der Waals surface area contributed by atoms with E-state index in [1.165, 1.54) is 71.8 Å². The Bertz CT molecular complexity index is 3220. The Balaban J connectivity index is 0.998. The monoisotopic (exact) mass is 752 g/mol. The molecular weight excluding hydrogens is 713 g/mol. The van der Waals surface area contributed by atoms with Crippen LogP contribution in [-0.2, 0) is 5.41 Å². The molecule has 1 aliphatic rings. The molecule has 0 bridgehead atoms. The molecule has 0 unspecified atom stereocenters. The number of hydrogen-bond donors (Lipinski definition) is 0. The Labute approximate surface area is 345 Å². The van der Waals surface area contributed by atoms with E-state index in [9.17, 15) is 0 Å². The molecule has 11 rings (SSSR count).